The number of nitrogens with one attached hydrogen (secondary N) is 1. The summed E-state index contributed by atoms with van der Waals surface area (Å²) in [6.45, 7) is 4.61. The van der Waals surface area contributed by atoms with Crippen LogP contribution in [0.2, 0.25) is 0 Å². The van der Waals surface area contributed by atoms with Gasteiger partial charge in [-0.2, -0.15) is 5.10 Å². The van der Waals surface area contributed by atoms with Crippen molar-refractivity contribution in [2.75, 3.05) is 24.5 Å². The second kappa shape index (κ2) is 8.80. The molecule has 0 spiro atoms. The van der Waals surface area contributed by atoms with Crippen LogP contribution in [0.15, 0.2) is 67.1 Å². The van der Waals surface area contributed by atoms with Gasteiger partial charge in [0, 0.05) is 43.9 Å². The Labute approximate surface area is 153 Å². The maximum atomic E-state index is 12.2. The molecule has 1 aromatic carbocycles. The molecule has 0 aliphatic heterocycles. The molecule has 0 unspecified atom stereocenters. The number of hydrogen-bond donors (Lipinski definition) is 1. The average Bonchev–Trinajstić information content (AvgIpc) is 3.23. The number of hydrogen-bond acceptors (Lipinski definition) is 4. The van der Waals surface area contributed by atoms with Gasteiger partial charge in [-0.3, -0.25) is 4.79 Å². The molecule has 0 radical (unpaired) electrons. The molecule has 1 N–H and O–H groups in total. The van der Waals surface area contributed by atoms with Crippen molar-refractivity contribution in [2.45, 2.75) is 13.3 Å². The van der Waals surface area contributed by atoms with E-state index in [4.69, 9.17) is 0 Å². The zero-order valence-corrected chi connectivity index (χ0v) is 14.9. The number of pyridine rings is 1. The normalized spacial score (nSPS) is 10.5. The first-order valence-electron chi connectivity index (χ1n) is 8.82. The minimum Gasteiger partial charge on any atom is -0.372 e. The zero-order valence-electron chi connectivity index (χ0n) is 14.9. The van der Waals surface area contributed by atoms with Gasteiger partial charge in [0.1, 0.15) is 0 Å². The number of aromatic nitrogens is 3. The van der Waals surface area contributed by atoms with Gasteiger partial charge < -0.3 is 10.2 Å². The lowest BCUT2D eigenvalue weighted by Crippen LogP contribution is -2.30. The van der Waals surface area contributed by atoms with E-state index >= 15 is 0 Å². The lowest BCUT2D eigenvalue weighted by Gasteiger charge is -2.23. The van der Waals surface area contributed by atoms with Crippen LogP contribution in [0.5, 0.6) is 0 Å². The van der Waals surface area contributed by atoms with Crippen molar-refractivity contribution in [3.63, 3.8) is 0 Å². The molecule has 0 atom stereocenters. The first kappa shape index (κ1) is 17.7. The smallest absolute Gasteiger partial charge is 0.252 e. The molecule has 0 saturated heterocycles. The summed E-state index contributed by atoms with van der Waals surface area (Å²) >= 11 is 0. The molecule has 134 valence electrons. The average molecular weight is 349 g/mol. The number of para-hydroxylation sites is 1. The summed E-state index contributed by atoms with van der Waals surface area (Å²) in [5, 5.41) is 7.08. The summed E-state index contributed by atoms with van der Waals surface area (Å²) in [5.74, 6) is 0.584. The quantitative estimate of drug-likeness (QED) is 0.635. The first-order valence-corrected chi connectivity index (χ1v) is 8.82. The van der Waals surface area contributed by atoms with Gasteiger partial charge in [0.25, 0.3) is 5.91 Å². The minimum absolute atomic E-state index is 0.104. The van der Waals surface area contributed by atoms with Crippen LogP contribution < -0.4 is 10.2 Å². The molecule has 2 heterocycles. The molecule has 0 aliphatic rings. The number of nitrogens with zero attached hydrogens (tertiary/aromatic N) is 4. The van der Waals surface area contributed by atoms with Gasteiger partial charge in [-0.15, -0.1) is 0 Å². The third kappa shape index (κ3) is 4.47. The Morgan fingerprint density at radius 3 is 2.65 bits per heavy atom. The second-order valence-corrected chi connectivity index (χ2v) is 5.88. The van der Waals surface area contributed by atoms with E-state index in [0.717, 1.165) is 19.5 Å². The topological polar surface area (TPSA) is 63.1 Å². The molecular formula is C20H23N5O. The van der Waals surface area contributed by atoms with Crippen LogP contribution in [-0.4, -0.2) is 40.3 Å². The maximum absolute atomic E-state index is 12.2. The summed E-state index contributed by atoms with van der Waals surface area (Å²) in [4.78, 5) is 18.8. The van der Waals surface area contributed by atoms with E-state index in [1.54, 1.807) is 29.2 Å². The highest BCUT2D eigenvalue weighted by atomic mass is 16.1. The fourth-order valence-corrected chi connectivity index (χ4v) is 2.74. The molecule has 3 aromatic rings. The van der Waals surface area contributed by atoms with Gasteiger partial charge in [-0.25, -0.2) is 9.67 Å². The van der Waals surface area contributed by atoms with Crippen LogP contribution in [0.4, 0.5) is 5.69 Å². The Morgan fingerprint density at radius 2 is 2.00 bits per heavy atom. The van der Waals surface area contributed by atoms with E-state index in [2.05, 4.69) is 39.4 Å². The molecule has 1 amide bonds. The Balaban J connectivity index is 1.46. The number of carbonyl (C=O) groups is 1. The van der Waals surface area contributed by atoms with Gasteiger partial charge >= 0.3 is 0 Å². The van der Waals surface area contributed by atoms with Crippen molar-refractivity contribution in [2.24, 2.45) is 0 Å². The molecular weight excluding hydrogens is 326 g/mol. The number of benzene rings is 1. The number of amides is 1. The largest absolute Gasteiger partial charge is 0.372 e. The molecule has 0 fully saturated rings. The fraction of sp³-hybridized carbons (Fsp3) is 0.250. The van der Waals surface area contributed by atoms with E-state index in [0.29, 0.717) is 17.9 Å². The predicted molar refractivity (Wildman–Crippen MR) is 103 cm³/mol. The molecule has 2 aromatic heterocycles. The Kier molecular flexibility index (Phi) is 5.98. The molecule has 0 aliphatic carbocycles. The molecule has 6 nitrogen and oxygen atoms in total. The highest BCUT2D eigenvalue weighted by Gasteiger charge is 2.07. The van der Waals surface area contributed by atoms with Gasteiger partial charge in [-0.05, 0) is 43.7 Å². The van der Waals surface area contributed by atoms with E-state index < -0.39 is 0 Å². The SMILES string of the molecule is CCN(CCCNC(=O)c1ccc(-n2cccn2)nc1)c1ccccc1. The third-order valence-corrected chi connectivity index (χ3v) is 4.14. The van der Waals surface area contributed by atoms with Gasteiger partial charge in [0.2, 0.25) is 0 Å². The van der Waals surface area contributed by atoms with Crippen LogP contribution >= 0.6 is 0 Å². The number of anilines is 1. The minimum atomic E-state index is -0.104. The van der Waals surface area contributed by atoms with Crippen LogP contribution in [0.25, 0.3) is 5.82 Å². The number of carbonyl (C=O) groups excluding carboxylic acids is 1. The Hall–Kier alpha value is -3.15. The highest BCUT2D eigenvalue weighted by Crippen LogP contribution is 2.12. The summed E-state index contributed by atoms with van der Waals surface area (Å²) < 4.78 is 1.66. The highest BCUT2D eigenvalue weighted by molar-refractivity contribution is 5.93. The first-order chi connectivity index (χ1) is 12.8. The van der Waals surface area contributed by atoms with Crippen LogP contribution in [0, 0.1) is 0 Å². The lowest BCUT2D eigenvalue weighted by molar-refractivity contribution is 0.0953. The molecule has 3 rings (SSSR count). The summed E-state index contributed by atoms with van der Waals surface area (Å²) in [7, 11) is 0. The van der Waals surface area contributed by atoms with E-state index in [1.807, 2.05) is 30.5 Å². The van der Waals surface area contributed by atoms with Crippen molar-refractivity contribution in [3.05, 3.63) is 72.7 Å². The summed E-state index contributed by atoms with van der Waals surface area (Å²) in [6, 6.07) is 15.7. The Morgan fingerprint density at radius 1 is 1.15 bits per heavy atom. The van der Waals surface area contributed by atoms with E-state index in [9.17, 15) is 4.79 Å². The molecule has 0 saturated carbocycles. The molecule has 6 heteroatoms. The van der Waals surface area contributed by atoms with Gasteiger partial charge in [0.15, 0.2) is 5.82 Å². The van der Waals surface area contributed by atoms with E-state index in [1.165, 1.54) is 5.69 Å². The summed E-state index contributed by atoms with van der Waals surface area (Å²) in [6.07, 6.45) is 5.97. The predicted octanol–water partition coefficient (Wildman–Crippen LogP) is 2.91. The van der Waals surface area contributed by atoms with E-state index in [-0.39, 0.29) is 5.91 Å². The van der Waals surface area contributed by atoms with Crippen LogP contribution in [0.1, 0.15) is 23.7 Å². The maximum Gasteiger partial charge on any atom is 0.252 e. The van der Waals surface area contributed by atoms with Crippen LogP contribution in [-0.2, 0) is 0 Å². The molecule has 26 heavy (non-hydrogen) atoms. The monoisotopic (exact) mass is 349 g/mol. The van der Waals surface area contributed by atoms with Gasteiger partial charge in [-0.1, -0.05) is 18.2 Å². The van der Waals surface area contributed by atoms with Crippen molar-refractivity contribution in [1.82, 2.24) is 20.1 Å². The summed E-state index contributed by atoms with van der Waals surface area (Å²) in [5.41, 5.74) is 1.76. The standard InChI is InChI=1S/C20H23N5O/c1-2-24(18-8-4-3-5-9-18)14-6-12-21-20(26)17-10-11-19(22-16-17)25-15-7-13-23-25/h3-5,7-11,13,15-16H,2,6,12,14H2,1H3,(H,21,26). The van der Waals surface area contributed by atoms with Crippen molar-refractivity contribution < 1.29 is 4.79 Å². The Bertz CT molecular complexity index is 800. The van der Waals surface area contributed by atoms with Crippen LogP contribution in [0.3, 0.4) is 0 Å². The third-order valence-electron chi connectivity index (χ3n) is 4.14. The van der Waals surface area contributed by atoms with Crippen molar-refractivity contribution >= 4 is 11.6 Å². The fourth-order valence-electron chi connectivity index (χ4n) is 2.74. The number of rotatable bonds is 8. The molecule has 0 bridgehead atoms. The van der Waals surface area contributed by atoms with Crippen molar-refractivity contribution in [1.29, 1.82) is 0 Å². The second-order valence-electron chi connectivity index (χ2n) is 5.88. The van der Waals surface area contributed by atoms with Gasteiger partial charge in [0.05, 0.1) is 5.56 Å². The van der Waals surface area contributed by atoms with Crippen molar-refractivity contribution in [3.8, 4) is 5.82 Å². The zero-order chi connectivity index (χ0) is 18.2. The lowest BCUT2D eigenvalue weighted by atomic mass is 10.2.